The number of carbonyl (C=O) groups excluding carboxylic acids is 1. The number of nitrogens with two attached hydrogens (primary N) is 1. The van der Waals surface area contributed by atoms with E-state index in [0.29, 0.717) is 24.7 Å². The summed E-state index contributed by atoms with van der Waals surface area (Å²) >= 11 is 11.4. The summed E-state index contributed by atoms with van der Waals surface area (Å²) < 4.78 is 0. The van der Waals surface area contributed by atoms with Crippen molar-refractivity contribution in [2.75, 3.05) is 11.9 Å². The first kappa shape index (κ1) is 16.1. The molecule has 0 aliphatic heterocycles. The summed E-state index contributed by atoms with van der Waals surface area (Å²) in [7, 11) is 0. The first-order valence-corrected chi connectivity index (χ1v) is 6.86. The molecule has 0 saturated heterocycles. The highest BCUT2D eigenvalue weighted by Crippen LogP contribution is 2.17. The number of amides is 1. The van der Waals surface area contributed by atoms with Gasteiger partial charge >= 0.3 is 0 Å². The largest absolute Gasteiger partial charge is 0.330 e. The minimum Gasteiger partial charge on any atom is -0.330 e. The Labute approximate surface area is 122 Å². The third-order valence-corrected chi connectivity index (χ3v) is 2.91. The summed E-state index contributed by atoms with van der Waals surface area (Å²) in [6, 6.07) is 1.45. The minimum atomic E-state index is -0.151. The van der Waals surface area contributed by atoms with E-state index in [4.69, 9.17) is 28.9 Å². The van der Waals surface area contributed by atoms with E-state index in [1.807, 2.05) is 0 Å². The summed E-state index contributed by atoms with van der Waals surface area (Å²) in [5, 5.41) is 2.84. The van der Waals surface area contributed by atoms with Gasteiger partial charge in [-0.1, -0.05) is 25.4 Å². The highest BCUT2D eigenvalue weighted by Gasteiger charge is 2.15. The Bertz CT molecular complexity index is 419. The molecular weight excluding hydrogens is 287 g/mol. The lowest BCUT2D eigenvalue weighted by Crippen LogP contribution is -2.23. The van der Waals surface area contributed by atoms with Crippen molar-refractivity contribution in [1.29, 1.82) is 0 Å². The molecule has 7 heteroatoms. The number of hydrogen-bond donors (Lipinski definition) is 2. The number of hydrogen-bond acceptors (Lipinski definition) is 4. The minimum absolute atomic E-state index is 0.000329. The van der Waals surface area contributed by atoms with Crippen LogP contribution in [0.4, 0.5) is 5.82 Å². The second-order valence-corrected chi connectivity index (χ2v) is 5.55. The van der Waals surface area contributed by atoms with Crippen molar-refractivity contribution in [2.24, 2.45) is 17.6 Å². The predicted octanol–water partition coefficient (Wildman–Crippen LogP) is 2.73. The number of aromatic nitrogens is 2. The molecule has 0 aromatic carbocycles. The van der Waals surface area contributed by atoms with Crippen molar-refractivity contribution in [2.45, 2.75) is 26.7 Å². The number of rotatable bonds is 6. The quantitative estimate of drug-likeness (QED) is 0.625. The zero-order valence-electron chi connectivity index (χ0n) is 11.0. The van der Waals surface area contributed by atoms with Crippen molar-refractivity contribution in [3.8, 4) is 0 Å². The van der Waals surface area contributed by atoms with Gasteiger partial charge in [0, 0.05) is 12.5 Å². The average molecular weight is 305 g/mol. The number of nitrogens with zero attached hydrogens (tertiary/aromatic N) is 2. The number of nitrogens with one attached hydrogen (secondary N) is 1. The van der Waals surface area contributed by atoms with E-state index in [1.165, 1.54) is 6.07 Å². The van der Waals surface area contributed by atoms with E-state index >= 15 is 0 Å². The van der Waals surface area contributed by atoms with Crippen LogP contribution in [0, 0.1) is 11.8 Å². The maximum absolute atomic E-state index is 11.9. The molecule has 1 heterocycles. The Kier molecular flexibility index (Phi) is 6.48. The molecule has 0 spiro atoms. The maximum atomic E-state index is 11.9. The summed E-state index contributed by atoms with van der Waals surface area (Å²) in [5.41, 5.74) is 5.66. The van der Waals surface area contributed by atoms with E-state index in [2.05, 4.69) is 29.1 Å². The molecule has 1 rings (SSSR count). The number of carbonyl (C=O) groups is 1. The first-order valence-electron chi connectivity index (χ1n) is 6.10. The van der Waals surface area contributed by atoms with E-state index in [9.17, 15) is 4.79 Å². The van der Waals surface area contributed by atoms with Gasteiger partial charge in [-0.2, -0.15) is 0 Å². The van der Waals surface area contributed by atoms with Gasteiger partial charge in [-0.25, -0.2) is 9.97 Å². The molecule has 0 saturated carbocycles. The molecule has 0 aliphatic rings. The number of anilines is 1. The molecule has 19 heavy (non-hydrogen) atoms. The van der Waals surface area contributed by atoms with Crippen molar-refractivity contribution >= 4 is 34.9 Å². The monoisotopic (exact) mass is 304 g/mol. The summed E-state index contributed by atoms with van der Waals surface area (Å²) in [4.78, 5) is 19.5. The van der Waals surface area contributed by atoms with Crippen LogP contribution in [0.25, 0.3) is 0 Å². The van der Waals surface area contributed by atoms with Crippen LogP contribution >= 0.6 is 23.2 Å². The molecule has 106 valence electrons. The summed E-state index contributed by atoms with van der Waals surface area (Å²) in [6.07, 6.45) is 1.27. The van der Waals surface area contributed by atoms with Gasteiger partial charge in [0.2, 0.25) is 11.2 Å². The van der Waals surface area contributed by atoms with E-state index < -0.39 is 0 Å². The highest BCUT2D eigenvalue weighted by molar-refractivity contribution is 6.32. The smallest absolute Gasteiger partial charge is 0.225 e. The van der Waals surface area contributed by atoms with E-state index in [0.717, 1.165) is 6.42 Å². The van der Waals surface area contributed by atoms with Gasteiger partial charge in [0.25, 0.3) is 0 Å². The SMILES string of the molecule is CC(C)C[C@H](CN)CC(=O)Nc1cc(Cl)nc(Cl)n1. The fraction of sp³-hybridized carbons (Fsp3) is 0.583. The predicted molar refractivity (Wildman–Crippen MR) is 77.3 cm³/mol. The Hall–Kier alpha value is -0.910. The molecule has 0 radical (unpaired) electrons. The van der Waals surface area contributed by atoms with Gasteiger partial charge in [-0.15, -0.1) is 0 Å². The Morgan fingerprint density at radius 2 is 2.11 bits per heavy atom. The zero-order valence-corrected chi connectivity index (χ0v) is 12.5. The second-order valence-electron chi connectivity index (χ2n) is 4.83. The van der Waals surface area contributed by atoms with Gasteiger partial charge in [-0.05, 0) is 36.4 Å². The Morgan fingerprint density at radius 1 is 1.42 bits per heavy atom. The van der Waals surface area contributed by atoms with Gasteiger partial charge < -0.3 is 11.1 Å². The molecule has 1 amide bonds. The number of halogens is 2. The molecule has 5 nitrogen and oxygen atoms in total. The zero-order chi connectivity index (χ0) is 14.4. The summed E-state index contributed by atoms with van der Waals surface area (Å²) in [5.74, 6) is 0.814. The molecule has 0 unspecified atom stereocenters. The molecular formula is C12H18Cl2N4O. The lowest BCUT2D eigenvalue weighted by atomic mass is 9.94. The van der Waals surface area contributed by atoms with Crippen LogP contribution in [0.15, 0.2) is 6.07 Å². The van der Waals surface area contributed by atoms with Crippen LogP contribution in [-0.2, 0) is 4.79 Å². The third-order valence-electron chi connectivity index (χ3n) is 2.55. The van der Waals surface area contributed by atoms with Crippen LogP contribution in [0.5, 0.6) is 0 Å². The highest BCUT2D eigenvalue weighted by atomic mass is 35.5. The van der Waals surface area contributed by atoms with Crippen LogP contribution in [-0.4, -0.2) is 22.4 Å². The van der Waals surface area contributed by atoms with Crippen molar-refractivity contribution in [3.05, 3.63) is 16.5 Å². The van der Waals surface area contributed by atoms with Crippen LogP contribution < -0.4 is 11.1 Å². The van der Waals surface area contributed by atoms with Crippen LogP contribution in [0.1, 0.15) is 26.7 Å². The Morgan fingerprint density at radius 3 is 2.63 bits per heavy atom. The van der Waals surface area contributed by atoms with Gasteiger partial charge in [0.15, 0.2) is 0 Å². The van der Waals surface area contributed by atoms with E-state index in [1.54, 1.807) is 0 Å². The maximum Gasteiger partial charge on any atom is 0.225 e. The topological polar surface area (TPSA) is 80.9 Å². The second kappa shape index (κ2) is 7.62. The molecule has 1 aromatic rings. The van der Waals surface area contributed by atoms with Crippen molar-refractivity contribution < 1.29 is 4.79 Å². The van der Waals surface area contributed by atoms with Gasteiger partial charge in [0.1, 0.15) is 11.0 Å². The van der Waals surface area contributed by atoms with Crippen LogP contribution in [0.3, 0.4) is 0 Å². The lowest BCUT2D eigenvalue weighted by Gasteiger charge is -2.16. The molecule has 1 atom stereocenters. The molecule has 0 aliphatic carbocycles. The molecule has 1 aromatic heterocycles. The summed E-state index contributed by atoms with van der Waals surface area (Å²) in [6.45, 7) is 4.69. The standard InChI is InChI=1S/C12H18Cl2N4O/c1-7(2)3-8(6-15)4-11(19)17-10-5-9(13)16-12(14)18-10/h5,7-8H,3-4,6,15H2,1-2H3,(H,16,17,18,19)/t8-/m0/s1. The molecule has 3 N–H and O–H groups in total. The third kappa shape index (κ3) is 6.18. The fourth-order valence-corrected chi connectivity index (χ4v) is 2.25. The molecule has 0 fully saturated rings. The normalized spacial score (nSPS) is 12.5. The van der Waals surface area contributed by atoms with Crippen molar-refractivity contribution in [1.82, 2.24) is 9.97 Å². The molecule has 0 bridgehead atoms. The fourth-order valence-electron chi connectivity index (χ4n) is 1.84. The van der Waals surface area contributed by atoms with E-state index in [-0.39, 0.29) is 22.3 Å². The first-order chi connectivity index (χ1) is 8.90. The van der Waals surface area contributed by atoms with Gasteiger partial charge in [-0.3, -0.25) is 4.79 Å². The van der Waals surface area contributed by atoms with Gasteiger partial charge in [0.05, 0.1) is 0 Å². The lowest BCUT2D eigenvalue weighted by molar-refractivity contribution is -0.117. The Balaban J connectivity index is 2.58. The van der Waals surface area contributed by atoms with Crippen molar-refractivity contribution in [3.63, 3.8) is 0 Å². The van der Waals surface area contributed by atoms with Crippen LogP contribution in [0.2, 0.25) is 10.4 Å². The average Bonchev–Trinajstić information content (AvgIpc) is 2.25.